The van der Waals surface area contributed by atoms with Crippen LogP contribution in [0.5, 0.6) is 11.5 Å². The summed E-state index contributed by atoms with van der Waals surface area (Å²) >= 11 is 0. The van der Waals surface area contributed by atoms with E-state index in [4.69, 9.17) is 9.47 Å². The molecule has 1 aromatic rings. The molecule has 3 aliphatic rings. The van der Waals surface area contributed by atoms with Gasteiger partial charge in [0.05, 0.1) is 6.54 Å². The zero-order chi connectivity index (χ0) is 18.1. The number of piperidine rings is 1. The fourth-order valence-electron chi connectivity index (χ4n) is 3.44. The normalized spacial score (nSPS) is 20.2. The van der Waals surface area contributed by atoms with Crippen LogP contribution in [0.15, 0.2) is 24.3 Å². The maximum Gasteiger partial charge on any atom is 0.324 e. The molecule has 0 atom stereocenters. The molecule has 1 aromatic carbocycles. The zero-order valence-corrected chi connectivity index (χ0v) is 14.1. The van der Waals surface area contributed by atoms with Crippen molar-refractivity contribution in [1.29, 1.82) is 0 Å². The van der Waals surface area contributed by atoms with Gasteiger partial charge < -0.3 is 19.7 Å². The van der Waals surface area contributed by atoms with Gasteiger partial charge in [-0.25, -0.2) is 4.79 Å². The van der Waals surface area contributed by atoms with Crippen molar-refractivity contribution in [2.24, 2.45) is 0 Å². The van der Waals surface area contributed by atoms with Crippen molar-refractivity contribution in [2.45, 2.75) is 18.9 Å². The van der Waals surface area contributed by atoms with Crippen molar-refractivity contribution < 1.29 is 23.9 Å². The van der Waals surface area contributed by atoms with Gasteiger partial charge in [-0.15, -0.1) is 0 Å². The highest BCUT2D eigenvalue weighted by Crippen LogP contribution is 2.32. The first-order chi connectivity index (χ1) is 12.6. The molecule has 0 aromatic heterocycles. The second-order valence-electron chi connectivity index (χ2n) is 6.42. The van der Waals surface area contributed by atoms with Crippen LogP contribution in [0.25, 0.3) is 6.08 Å². The third kappa shape index (κ3) is 3.10. The minimum atomic E-state index is -0.331. The third-order valence-electron chi connectivity index (χ3n) is 4.83. The number of hydrogen-bond acceptors (Lipinski definition) is 5. The predicted molar refractivity (Wildman–Crippen MR) is 91.4 cm³/mol. The molecule has 0 unspecified atom stereocenters. The van der Waals surface area contributed by atoms with Gasteiger partial charge in [-0.1, -0.05) is 6.07 Å². The van der Waals surface area contributed by atoms with Gasteiger partial charge in [0.1, 0.15) is 0 Å². The topological polar surface area (TPSA) is 88.2 Å². The highest BCUT2D eigenvalue weighted by Gasteiger charge is 2.36. The van der Waals surface area contributed by atoms with E-state index in [0.29, 0.717) is 37.4 Å². The fourth-order valence-corrected chi connectivity index (χ4v) is 3.44. The first-order valence-electron chi connectivity index (χ1n) is 8.58. The lowest BCUT2D eigenvalue weighted by Crippen LogP contribution is -2.48. The maximum absolute atomic E-state index is 12.4. The van der Waals surface area contributed by atoms with Gasteiger partial charge in [0, 0.05) is 25.2 Å². The number of urea groups is 1. The number of nitrogens with zero attached hydrogens (tertiary/aromatic N) is 2. The molecule has 1 N–H and O–H groups in total. The van der Waals surface area contributed by atoms with Gasteiger partial charge in [0.25, 0.3) is 0 Å². The Morgan fingerprint density at radius 3 is 2.65 bits per heavy atom. The second-order valence-corrected chi connectivity index (χ2v) is 6.42. The summed E-state index contributed by atoms with van der Waals surface area (Å²) in [5, 5.41) is 2.53. The highest BCUT2D eigenvalue weighted by atomic mass is 16.7. The summed E-state index contributed by atoms with van der Waals surface area (Å²) in [6, 6.07) is 5.04. The average Bonchev–Trinajstić information content (AvgIpc) is 3.25. The standard InChI is InChI=1S/C18H19N3O5/c22-16(4-2-12-1-3-14-15(9-12)26-11-25-14)20-7-5-13(6-8-20)21-17(23)10-19-18(21)24/h1-4,9,13H,5-8,10-11H2,(H,19,24)/b4-2+. The Bertz CT molecular complexity index is 767. The Kier molecular flexibility index (Phi) is 4.24. The van der Waals surface area contributed by atoms with Gasteiger partial charge in [0.15, 0.2) is 11.5 Å². The number of carbonyl (C=O) groups is 3. The van der Waals surface area contributed by atoms with Crippen LogP contribution in [0.1, 0.15) is 18.4 Å². The van der Waals surface area contributed by atoms with E-state index in [1.165, 1.54) is 11.0 Å². The Morgan fingerprint density at radius 2 is 1.92 bits per heavy atom. The average molecular weight is 357 g/mol. The van der Waals surface area contributed by atoms with Crippen LogP contribution in [-0.4, -0.2) is 60.1 Å². The number of nitrogens with one attached hydrogen (secondary N) is 1. The Hall–Kier alpha value is -3.03. The molecule has 4 rings (SSSR count). The zero-order valence-electron chi connectivity index (χ0n) is 14.1. The molecule has 0 aliphatic carbocycles. The van der Waals surface area contributed by atoms with Crippen LogP contribution >= 0.6 is 0 Å². The van der Waals surface area contributed by atoms with E-state index in [9.17, 15) is 14.4 Å². The number of carbonyl (C=O) groups excluding carboxylic acids is 3. The molecule has 0 saturated carbocycles. The Balaban J connectivity index is 1.33. The minimum absolute atomic E-state index is 0.0657. The predicted octanol–water partition coefficient (Wildman–Crippen LogP) is 0.971. The lowest BCUT2D eigenvalue weighted by Gasteiger charge is -2.34. The van der Waals surface area contributed by atoms with Crippen LogP contribution in [0.2, 0.25) is 0 Å². The van der Waals surface area contributed by atoms with E-state index in [-0.39, 0.29) is 37.2 Å². The molecule has 8 heteroatoms. The largest absolute Gasteiger partial charge is 0.454 e. The van der Waals surface area contributed by atoms with Crippen LogP contribution in [0.3, 0.4) is 0 Å². The molecule has 2 saturated heterocycles. The summed E-state index contributed by atoms with van der Waals surface area (Å²) in [6.45, 7) is 1.32. The summed E-state index contributed by atoms with van der Waals surface area (Å²) in [7, 11) is 0. The number of benzene rings is 1. The number of amides is 4. The summed E-state index contributed by atoms with van der Waals surface area (Å²) in [6.07, 6.45) is 4.48. The molecule has 3 heterocycles. The summed E-state index contributed by atoms with van der Waals surface area (Å²) in [5.41, 5.74) is 0.858. The molecule has 0 bridgehead atoms. The van der Waals surface area contributed by atoms with Crippen LogP contribution in [0, 0.1) is 0 Å². The third-order valence-corrected chi connectivity index (χ3v) is 4.83. The van der Waals surface area contributed by atoms with E-state index in [1.54, 1.807) is 11.0 Å². The molecule has 4 amide bonds. The smallest absolute Gasteiger partial charge is 0.324 e. The number of rotatable bonds is 3. The van der Waals surface area contributed by atoms with E-state index in [0.717, 1.165) is 5.56 Å². The number of imide groups is 1. The molecule has 26 heavy (non-hydrogen) atoms. The first kappa shape index (κ1) is 16.4. The van der Waals surface area contributed by atoms with Crippen molar-refractivity contribution in [3.63, 3.8) is 0 Å². The molecule has 0 spiro atoms. The van der Waals surface area contributed by atoms with Crippen molar-refractivity contribution in [1.82, 2.24) is 15.1 Å². The van der Waals surface area contributed by atoms with Gasteiger partial charge >= 0.3 is 6.03 Å². The molecule has 2 fully saturated rings. The van der Waals surface area contributed by atoms with Gasteiger partial charge in [-0.2, -0.15) is 0 Å². The quantitative estimate of drug-likeness (QED) is 0.643. The van der Waals surface area contributed by atoms with Crippen molar-refractivity contribution in [3.05, 3.63) is 29.8 Å². The monoisotopic (exact) mass is 357 g/mol. The molecule has 8 nitrogen and oxygen atoms in total. The number of hydrogen-bond donors (Lipinski definition) is 1. The summed E-state index contributed by atoms with van der Waals surface area (Å²) in [5.74, 6) is 1.10. The molecular weight excluding hydrogens is 338 g/mol. The van der Waals surface area contributed by atoms with Crippen LogP contribution in [-0.2, 0) is 9.59 Å². The summed E-state index contributed by atoms with van der Waals surface area (Å²) < 4.78 is 10.6. The Labute approximate surface area is 150 Å². The Morgan fingerprint density at radius 1 is 1.15 bits per heavy atom. The maximum atomic E-state index is 12.4. The fraction of sp³-hybridized carbons (Fsp3) is 0.389. The molecule has 0 radical (unpaired) electrons. The van der Waals surface area contributed by atoms with E-state index in [2.05, 4.69) is 5.32 Å². The van der Waals surface area contributed by atoms with E-state index in [1.807, 2.05) is 18.2 Å². The van der Waals surface area contributed by atoms with Crippen molar-refractivity contribution in [3.8, 4) is 11.5 Å². The van der Waals surface area contributed by atoms with Crippen LogP contribution < -0.4 is 14.8 Å². The van der Waals surface area contributed by atoms with Crippen LogP contribution in [0.4, 0.5) is 4.79 Å². The molecule has 136 valence electrons. The van der Waals surface area contributed by atoms with Gasteiger partial charge in [-0.3, -0.25) is 14.5 Å². The number of likely N-dealkylation sites (tertiary alicyclic amines) is 1. The van der Waals surface area contributed by atoms with E-state index >= 15 is 0 Å². The summed E-state index contributed by atoms with van der Waals surface area (Å²) in [4.78, 5) is 38.9. The SMILES string of the molecule is O=C(/C=C/c1ccc2c(c1)OCO2)N1CCC(N2C(=O)CNC2=O)CC1. The number of fused-ring (bicyclic) bond motifs is 1. The van der Waals surface area contributed by atoms with E-state index < -0.39 is 0 Å². The number of ether oxygens (including phenoxy) is 2. The van der Waals surface area contributed by atoms with Gasteiger partial charge in [0.2, 0.25) is 18.6 Å². The van der Waals surface area contributed by atoms with Crippen molar-refractivity contribution in [2.75, 3.05) is 26.4 Å². The molecular formula is C18H19N3O5. The molecule has 3 aliphatic heterocycles. The van der Waals surface area contributed by atoms with Crippen molar-refractivity contribution >= 4 is 23.9 Å². The lowest BCUT2D eigenvalue weighted by atomic mass is 10.0. The second kappa shape index (κ2) is 6.70. The lowest BCUT2D eigenvalue weighted by molar-refractivity contribution is -0.129. The first-order valence-corrected chi connectivity index (χ1v) is 8.58. The minimum Gasteiger partial charge on any atom is -0.454 e. The van der Waals surface area contributed by atoms with Gasteiger partial charge in [-0.05, 0) is 36.6 Å². The highest BCUT2D eigenvalue weighted by molar-refractivity contribution is 6.02.